The number of unbranched alkanes of at least 4 members (excludes halogenated alkanes) is 24. The van der Waals surface area contributed by atoms with E-state index < -0.39 is 0 Å². The van der Waals surface area contributed by atoms with Gasteiger partial charge in [-0.2, -0.15) is 0 Å². The lowest BCUT2D eigenvalue weighted by Gasteiger charge is -1.99. The molecule has 0 unspecified atom stereocenters. The minimum atomic E-state index is 0.700. The molecule has 10 heteroatoms. The van der Waals surface area contributed by atoms with Gasteiger partial charge in [0.05, 0.1) is 78.0 Å². The molecular formula is C105H119NOS8. The van der Waals surface area contributed by atoms with Gasteiger partial charge in [-0.25, -0.2) is 0 Å². The summed E-state index contributed by atoms with van der Waals surface area (Å²) >= 11 is 13.9. The van der Waals surface area contributed by atoms with Crippen LogP contribution in [0.15, 0.2) is 72.8 Å². The van der Waals surface area contributed by atoms with Gasteiger partial charge in [-0.15, -0.1) is 97.1 Å². The van der Waals surface area contributed by atoms with Gasteiger partial charge in [0.1, 0.15) is 0 Å². The highest BCUT2D eigenvalue weighted by Crippen LogP contribution is 2.34. The number of amides is 1. The van der Waals surface area contributed by atoms with Crippen molar-refractivity contribution in [1.82, 2.24) is 0 Å². The van der Waals surface area contributed by atoms with Crippen molar-refractivity contribution in [2.24, 2.45) is 0 Å². The zero-order valence-electron chi connectivity index (χ0n) is 70.0. The summed E-state index contributed by atoms with van der Waals surface area (Å²) in [6.07, 6.45) is 53.1. The van der Waals surface area contributed by atoms with Crippen LogP contribution in [0.1, 0.15) is 389 Å². The van der Waals surface area contributed by atoms with Crippen LogP contribution in [-0.4, -0.2) is 6.41 Å². The van der Waals surface area contributed by atoms with Crippen molar-refractivity contribution in [1.29, 1.82) is 0 Å². The number of thiophene rings is 8. The van der Waals surface area contributed by atoms with E-state index in [2.05, 4.69) is 210 Å². The summed E-state index contributed by atoms with van der Waals surface area (Å²) in [5.41, 5.74) is 12.1. The second-order valence-corrected chi connectivity index (χ2v) is 38.6. The van der Waals surface area contributed by atoms with Gasteiger partial charge in [0.2, 0.25) is 6.41 Å². The maximum absolute atomic E-state index is 11.0. The number of aryl methyl sites for hydroxylation is 8. The van der Waals surface area contributed by atoms with Crippen LogP contribution >= 0.6 is 90.7 Å². The van der Waals surface area contributed by atoms with Gasteiger partial charge in [0, 0.05) is 11.3 Å². The van der Waals surface area contributed by atoms with Gasteiger partial charge < -0.3 is 5.32 Å². The minimum absolute atomic E-state index is 0.700. The average molecular weight is 1670 g/mol. The highest BCUT2D eigenvalue weighted by Gasteiger charge is 2.17. The van der Waals surface area contributed by atoms with Gasteiger partial charge in [-0.1, -0.05) is 227 Å². The van der Waals surface area contributed by atoms with Crippen molar-refractivity contribution >= 4 is 103 Å². The molecule has 0 aliphatic rings. The zero-order chi connectivity index (χ0) is 80.9. The summed E-state index contributed by atoms with van der Waals surface area (Å²) in [5, 5.41) is 2.72. The summed E-state index contributed by atoms with van der Waals surface area (Å²) in [6, 6.07) is 26.2. The summed E-state index contributed by atoms with van der Waals surface area (Å²) in [7, 11) is 0. The summed E-state index contributed by atoms with van der Waals surface area (Å²) in [6.45, 7) is 18.2. The van der Waals surface area contributed by atoms with Crippen LogP contribution in [0.4, 0.5) is 5.69 Å². The number of benzene rings is 1. The van der Waals surface area contributed by atoms with Crippen LogP contribution in [-0.2, 0) is 56.2 Å². The second kappa shape index (κ2) is 52.9. The van der Waals surface area contributed by atoms with E-state index in [1.807, 2.05) is 24.3 Å². The third-order valence-electron chi connectivity index (χ3n) is 20.5. The summed E-state index contributed by atoms with van der Waals surface area (Å²) in [5.74, 6) is 61.4. The first-order chi connectivity index (χ1) is 56.5. The van der Waals surface area contributed by atoms with E-state index in [0.717, 1.165) is 192 Å². The Morgan fingerprint density at radius 2 is 0.426 bits per heavy atom. The molecule has 1 N–H and O–H groups in total. The molecule has 0 saturated carbocycles. The molecule has 598 valence electrons. The highest BCUT2D eigenvalue weighted by atomic mass is 32.1. The summed E-state index contributed by atoms with van der Waals surface area (Å²) < 4.78 is 0. The SMILES string of the molecule is C#Cc1cc(CCCCCC)c(C#Cc2cc(CCCCCC)c(C#Cc3cc(CCCCCC)c(C#Cc4cc(CCCCCC)c(C#Cc5cc(CCCCCC)c(C#Cc6cc(CCCCCC)c(C#Cc7cc(CCCCCC)c(C#Cc8cc(CCCCCC)c(C#Cc9ccc(NC=O)cc9)s8)s7)s6)s5)s4)s3)s2)s1. The Balaban J connectivity index is 0.995. The normalized spacial score (nSPS) is 10.6. The fraction of sp³-hybridized carbons (Fsp3) is 0.457. The molecule has 0 aliphatic carbocycles. The summed E-state index contributed by atoms with van der Waals surface area (Å²) in [4.78, 5) is 28.4. The van der Waals surface area contributed by atoms with Crippen molar-refractivity contribution < 1.29 is 4.79 Å². The predicted octanol–water partition coefficient (Wildman–Crippen LogP) is 29.9. The first kappa shape index (κ1) is 91.2. The first-order valence-electron chi connectivity index (χ1n) is 43.5. The van der Waals surface area contributed by atoms with E-state index in [1.54, 1.807) is 90.7 Å². The predicted molar refractivity (Wildman–Crippen MR) is 509 cm³/mol. The van der Waals surface area contributed by atoms with E-state index in [0.29, 0.717) is 6.41 Å². The molecule has 8 aromatic heterocycles. The van der Waals surface area contributed by atoms with Crippen LogP contribution < -0.4 is 5.32 Å². The highest BCUT2D eigenvalue weighted by molar-refractivity contribution is 7.16. The first-order valence-corrected chi connectivity index (χ1v) is 50.0. The van der Waals surface area contributed by atoms with Gasteiger partial charge >= 0.3 is 0 Å². The Kier molecular flexibility index (Phi) is 42.0. The van der Waals surface area contributed by atoms with Crippen molar-refractivity contribution in [3.8, 4) is 107 Å². The van der Waals surface area contributed by atoms with Gasteiger partial charge in [-0.3, -0.25) is 4.79 Å². The lowest BCUT2D eigenvalue weighted by atomic mass is 10.1. The maximum atomic E-state index is 11.0. The topological polar surface area (TPSA) is 29.1 Å². The molecule has 0 bridgehead atoms. The number of carbonyl (C=O) groups excluding carboxylic acids is 1. The minimum Gasteiger partial charge on any atom is -0.329 e. The lowest BCUT2D eigenvalue weighted by Crippen LogP contribution is -1.92. The number of carbonyl (C=O) groups is 1. The van der Waals surface area contributed by atoms with E-state index in [1.165, 1.54) is 199 Å². The quantitative estimate of drug-likeness (QED) is 0.0231. The standard InChI is InChI=1S/C105H119NOS8/c1-10-19-27-35-43-81-71-90(18-9)108-99(81)64-56-92-73-83(45-37-29-21-12-3)101(110-92)66-58-94-75-85(47-39-31-23-14-5)103(112-94)68-60-96-77-87(49-41-33-25-16-7)105(114-96)70-62-97-78-88(50-42-34-26-17-8)104(115-97)69-61-95-76-86(48-40-32-24-15-6)102(113-95)67-59-93-74-84(46-38-30-22-13-4)100(111-93)65-57-91-72-82(44-36-28-20-11-2)98(109-91)63-53-80-51-54-89(55-52-80)106-79-107/h9,51-52,54-55,71-79H,10-17,19-50H2,1-8H3,(H,106,107). The fourth-order valence-electron chi connectivity index (χ4n) is 13.9. The number of hydrogen-bond donors (Lipinski definition) is 1. The zero-order valence-corrected chi connectivity index (χ0v) is 76.6. The molecule has 1 amide bonds. The smallest absolute Gasteiger partial charge is 0.211 e. The molecule has 115 heavy (non-hydrogen) atoms. The molecular weight excluding hydrogens is 1550 g/mol. The molecule has 0 fully saturated rings. The Morgan fingerprint density at radius 3 is 0.609 bits per heavy atom. The van der Waals surface area contributed by atoms with Gasteiger partial charge in [0.15, 0.2) is 0 Å². The average Bonchev–Trinajstić information content (AvgIpc) is 1.69. The van der Waals surface area contributed by atoms with Crippen LogP contribution in [0, 0.1) is 107 Å². The molecule has 2 nitrogen and oxygen atoms in total. The lowest BCUT2D eigenvalue weighted by molar-refractivity contribution is -0.105. The van der Waals surface area contributed by atoms with E-state index in [9.17, 15) is 4.79 Å². The van der Waals surface area contributed by atoms with Crippen molar-refractivity contribution in [3.63, 3.8) is 0 Å². The molecule has 0 spiro atoms. The number of nitrogens with one attached hydrogen (secondary N) is 1. The fourth-order valence-corrected chi connectivity index (χ4v) is 21.2. The van der Waals surface area contributed by atoms with Crippen molar-refractivity contribution in [2.75, 3.05) is 5.32 Å². The van der Waals surface area contributed by atoms with Gasteiger partial charge in [-0.05, 0) is 303 Å². The van der Waals surface area contributed by atoms with Crippen molar-refractivity contribution in [2.45, 2.75) is 312 Å². The van der Waals surface area contributed by atoms with Crippen LogP contribution in [0.25, 0.3) is 0 Å². The van der Waals surface area contributed by atoms with Crippen molar-refractivity contribution in [3.05, 3.63) is 201 Å². The molecule has 0 saturated heterocycles. The Hall–Kier alpha value is -7.67. The number of terminal acetylenes is 1. The molecule has 9 rings (SSSR count). The Morgan fingerprint density at radius 1 is 0.243 bits per heavy atom. The van der Waals surface area contributed by atoms with Crippen LogP contribution in [0.5, 0.6) is 0 Å². The van der Waals surface area contributed by atoms with E-state index >= 15 is 0 Å². The van der Waals surface area contributed by atoms with Gasteiger partial charge in [0.25, 0.3) is 0 Å². The van der Waals surface area contributed by atoms with E-state index in [-0.39, 0.29) is 0 Å². The molecule has 8 heterocycles. The molecule has 9 aromatic rings. The molecule has 0 atom stereocenters. The second-order valence-electron chi connectivity index (χ2n) is 30.2. The third kappa shape index (κ3) is 31.6. The Bertz CT molecular complexity index is 5110. The number of anilines is 1. The number of hydrogen-bond acceptors (Lipinski definition) is 9. The molecule has 1 aromatic carbocycles. The third-order valence-corrected chi connectivity index (χ3v) is 28.6. The van der Waals surface area contributed by atoms with Crippen LogP contribution in [0.3, 0.4) is 0 Å². The van der Waals surface area contributed by atoms with E-state index in [4.69, 9.17) is 6.42 Å². The largest absolute Gasteiger partial charge is 0.329 e. The monoisotopic (exact) mass is 1670 g/mol. The Labute approximate surface area is 726 Å². The van der Waals surface area contributed by atoms with Crippen LogP contribution in [0.2, 0.25) is 0 Å². The number of rotatable bonds is 42. The molecule has 0 radical (unpaired) electrons. The maximum Gasteiger partial charge on any atom is 0.211 e. The molecule has 0 aliphatic heterocycles.